The van der Waals surface area contributed by atoms with Gasteiger partial charge in [-0.1, -0.05) is 6.07 Å². The van der Waals surface area contributed by atoms with Crippen molar-refractivity contribution in [2.75, 3.05) is 0 Å². The number of benzene rings is 1. The van der Waals surface area contributed by atoms with E-state index in [1.807, 2.05) is 6.07 Å². The van der Waals surface area contributed by atoms with Crippen LogP contribution in [0.4, 0.5) is 8.78 Å². The van der Waals surface area contributed by atoms with Crippen LogP contribution in [0.2, 0.25) is 0 Å². The largest absolute Gasteiger partial charge is 0.487 e. The van der Waals surface area contributed by atoms with Gasteiger partial charge in [0, 0.05) is 23.9 Å². The van der Waals surface area contributed by atoms with Gasteiger partial charge in [0.15, 0.2) is 0 Å². The Morgan fingerprint density at radius 2 is 1.88 bits per heavy atom. The lowest BCUT2D eigenvalue weighted by Crippen LogP contribution is -1.99. The molecule has 0 unspecified atom stereocenters. The molecule has 1 aromatic carbocycles. The lowest BCUT2D eigenvalue weighted by molar-refractivity contribution is 0.297. The average Bonchev–Trinajstić information content (AvgIpc) is 2.34. The minimum Gasteiger partial charge on any atom is -0.487 e. The summed E-state index contributed by atoms with van der Waals surface area (Å²) < 4.78 is 31.7. The van der Waals surface area contributed by atoms with Crippen molar-refractivity contribution in [1.29, 1.82) is 0 Å². The number of hydrogen-bond acceptors (Lipinski definition) is 2. The van der Waals surface area contributed by atoms with E-state index in [2.05, 4.69) is 4.98 Å². The fourth-order valence-electron chi connectivity index (χ4n) is 1.35. The summed E-state index contributed by atoms with van der Waals surface area (Å²) in [6.07, 6.45) is 1.63. The predicted octanol–water partition coefficient (Wildman–Crippen LogP) is 3.25. The van der Waals surface area contributed by atoms with Crippen LogP contribution in [0.15, 0.2) is 36.5 Å². The maximum absolute atomic E-state index is 13.2. The fourth-order valence-corrected chi connectivity index (χ4v) is 1.35. The Balaban J connectivity index is 2.10. The van der Waals surface area contributed by atoms with E-state index < -0.39 is 11.6 Å². The van der Waals surface area contributed by atoms with Crippen LogP contribution in [0.3, 0.4) is 0 Å². The first-order valence-electron chi connectivity index (χ1n) is 5.15. The molecule has 0 N–H and O–H groups in total. The van der Waals surface area contributed by atoms with Crippen LogP contribution in [-0.4, -0.2) is 4.98 Å². The van der Waals surface area contributed by atoms with E-state index >= 15 is 0 Å². The zero-order chi connectivity index (χ0) is 12.3. The highest BCUT2D eigenvalue weighted by Crippen LogP contribution is 2.20. The van der Waals surface area contributed by atoms with Gasteiger partial charge in [0.2, 0.25) is 0 Å². The number of aromatic nitrogens is 1. The molecule has 0 aliphatic heterocycles. The molecule has 1 heterocycles. The van der Waals surface area contributed by atoms with Crippen molar-refractivity contribution in [3.05, 3.63) is 59.4 Å². The van der Waals surface area contributed by atoms with Crippen LogP contribution in [-0.2, 0) is 6.61 Å². The van der Waals surface area contributed by atoms with Gasteiger partial charge in [-0.2, -0.15) is 0 Å². The minimum absolute atomic E-state index is 0.00446. The van der Waals surface area contributed by atoms with Gasteiger partial charge in [-0.15, -0.1) is 0 Å². The molecule has 0 radical (unpaired) electrons. The number of ether oxygens (including phenoxy) is 1. The predicted molar refractivity (Wildman–Crippen MR) is 59.7 cm³/mol. The Bertz CT molecular complexity index is 491. The molecule has 2 nitrogen and oxygen atoms in total. The molecule has 0 amide bonds. The lowest BCUT2D eigenvalue weighted by Gasteiger charge is -2.07. The van der Waals surface area contributed by atoms with Crippen molar-refractivity contribution >= 4 is 0 Å². The third kappa shape index (κ3) is 2.78. The summed E-state index contributed by atoms with van der Waals surface area (Å²) in [6.45, 7) is 1.57. The summed E-state index contributed by atoms with van der Waals surface area (Å²) in [5, 5.41) is 0. The van der Waals surface area contributed by atoms with Crippen LogP contribution < -0.4 is 4.74 Å². The Kier molecular flexibility index (Phi) is 3.32. The average molecular weight is 235 g/mol. The minimum atomic E-state index is -0.610. The molecule has 88 valence electrons. The molecule has 1 aromatic heterocycles. The number of hydrogen-bond donors (Lipinski definition) is 0. The van der Waals surface area contributed by atoms with Crippen molar-refractivity contribution in [3.8, 4) is 5.75 Å². The normalized spacial score (nSPS) is 10.3. The molecule has 2 aromatic rings. The Labute approximate surface area is 97.9 Å². The number of halogens is 2. The molecular weight excluding hydrogens is 224 g/mol. The van der Waals surface area contributed by atoms with E-state index in [0.717, 1.165) is 0 Å². The van der Waals surface area contributed by atoms with E-state index in [4.69, 9.17) is 4.74 Å². The number of pyridine rings is 1. The molecule has 0 aliphatic carbocycles. The summed E-state index contributed by atoms with van der Waals surface area (Å²) in [5.74, 6) is -1.06. The van der Waals surface area contributed by atoms with Crippen molar-refractivity contribution in [2.45, 2.75) is 13.5 Å². The Hall–Kier alpha value is -1.97. The molecule has 0 spiro atoms. The molecule has 0 aliphatic rings. The van der Waals surface area contributed by atoms with Gasteiger partial charge in [0.25, 0.3) is 0 Å². The molecule has 2 rings (SSSR count). The van der Waals surface area contributed by atoms with Crippen molar-refractivity contribution in [1.82, 2.24) is 4.98 Å². The third-order valence-electron chi connectivity index (χ3n) is 2.37. The van der Waals surface area contributed by atoms with Crippen LogP contribution >= 0.6 is 0 Å². The maximum Gasteiger partial charge on any atom is 0.132 e. The third-order valence-corrected chi connectivity index (χ3v) is 2.37. The van der Waals surface area contributed by atoms with Crippen molar-refractivity contribution in [2.24, 2.45) is 0 Å². The lowest BCUT2D eigenvalue weighted by atomic mass is 10.2. The second-order valence-corrected chi connectivity index (χ2v) is 3.62. The SMILES string of the molecule is Cc1c(F)cc(OCc2ccccn2)cc1F. The molecule has 0 atom stereocenters. The number of rotatable bonds is 3. The van der Waals surface area contributed by atoms with Gasteiger partial charge in [-0.25, -0.2) is 8.78 Å². The first-order valence-corrected chi connectivity index (χ1v) is 5.15. The van der Waals surface area contributed by atoms with E-state index in [1.54, 1.807) is 18.3 Å². The molecule has 0 saturated carbocycles. The first kappa shape index (κ1) is 11.5. The Morgan fingerprint density at radius 3 is 2.47 bits per heavy atom. The van der Waals surface area contributed by atoms with Crippen LogP contribution in [0, 0.1) is 18.6 Å². The molecule has 4 heteroatoms. The summed E-state index contributed by atoms with van der Waals surface area (Å²) in [6, 6.07) is 7.72. The zero-order valence-corrected chi connectivity index (χ0v) is 9.28. The smallest absolute Gasteiger partial charge is 0.132 e. The van der Waals surface area contributed by atoms with Gasteiger partial charge in [0.05, 0.1) is 5.69 Å². The summed E-state index contributed by atoms with van der Waals surface area (Å²) in [7, 11) is 0. The molecular formula is C13H11F2NO. The molecule has 0 bridgehead atoms. The van der Waals surface area contributed by atoms with Crippen LogP contribution in [0.5, 0.6) is 5.75 Å². The zero-order valence-electron chi connectivity index (χ0n) is 9.28. The van der Waals surface area contributed by atoms with E-state index in [-0.39, 0.29) is 17.9 Å². The van der Waals surface area contributed by atoms with Crippen molar-refractivity contribution < 1.29 is 13.5 Å². The van der Waals surface area contributed by atoms with Crippen LogP contribution in [0.1, 0.15) is 11.3 Å². The van der Waals surface area contributed by atoms with Crippen LogP contribution in [0.25, 0.3) is 0 Å². The summed E-state index contributed by atoms with van der Waals surface area (Å²) in [5.41, 5.74) is 0.698. The van der Waals surface area contributed by atoms with Crippen molar-refractivity contribution in [3.63, 3.8) is 0 Å². The fraction of sp³-hybridized carbons (Fsp3) is 0.154. The highest BCUT2D eigenvalue weighted by Gasteiger charge is 2.07. The maximum atomic E-state index is 13.2. The summed E-state index contributed by atoms with van der Waals surface area (Å²) >= 11 is 0. The number of nitrogens with zero attached hydrogens (tertiary/aromatic N) is 1. The van der Waals surface area contributed by atoms with Gasteiger partial charge in [-0.3, -0.25) is 4.98 Å². The van der Waals surface area contributed by atoms with Gasteiger partial charge in [0.1, 0.15) is 24.0 Å². The Morgan fingerprint density at radius 1 is 1.18 bits per heavy atom. The highest BCUT2D eigenvalue weighted by molar-refractivity contribution is 5.29. The van der Waals surface area contributed by atoms with Gasteiger partial charge >= 0.3 is 0 Å². The quantitative estimate of drug-likeness (QED) is 0.814. The topological polar surface area (TPSA) is 22.1 Å². The van der Waals surface area contributed by atoms with E-state index in [9.17, 15) is 8.78 Å². The van der Waals surface area contributed by atoms with Gasteiger partial charge in [-0.05, 0) is 19.1 Å². The highest BCUT2D eigenvalue weighted by atomic mass is 19.1. The summed E-state index contributed by atoms with van der Waals surface area (Å²) in [4.78, 5) is 4.04. The first-order chi connectivity index (χ1) is 8.16. The monoisotopic (exact) mass is 235 g/mol. The van der Waals surface area contributed by atoms with Gasteiger partial charge < -0.3 is 4.74 Å². The second kappa shape index (κ2) is 4.91. The molecule has 17 heavy (non-hydrogen) atoms. The standard InChI is InChI=1S/C13H11F2NO/c1-9-12(14)6-11(7-13(9)15)17-8-10-4-2-3-5-16-10/h2-7H,8H2,1H3. The van der Waals surface area contributed by atoms with E-state index in [0.29, 0.717) is 5.69 Å². The second-order valence-electron chi connectivity index (χ2n) is 3.62. The molecule has 0 fully saturated rings. The molecule has 0 saturated heterocycles. The van der Waals surface area contributed by atoms with E-state index in [1.165, 1.54) is 19.1 Å².